The van der Waals surface area contributed by atoms with Crippen molar-refractivity contribution in [2.24, 2.45) is 0 Å². The van der Waals surface area contributed by atoms with Crippen molar-refractivity contribution in [3.8, 4) is 5.75 Å². The quantitative estimate of drug-likeness (QED) is 0.532. The Hall–Kier alpha value is -2.86. The van der Waals surface area contributed by atoms with Gasteiger partial charge in [-0.15, -0.1) is 0 Å². The molecule has 0 spiro atoms. The average Bonchev–Trinajstić information content (AvgIpc) is 2.71. The fourth-order valence-corrected chi connectivity index (χ4v) is 2.47. The minimum Gasteiger partial charge on any atom is -0.496 e. The van der Waals surface area contributed by atoms with Crippen LogP contribution in [0.15, 0.2) is 42.5 Å². The van der Waals surface area contributed by atoms with Crippen LogP contribution in [-0.4, -0.2) is 32.7 Å². The zero-order chi connectivity index (χ0) is 19.6. The maximum absolute atomic E-state index is 12.5. The van der Waals surface area contributed by atoms with E-state index in [0.29, 0.717) is 35.8 Å². The number of esters is 1. The molecule has 0 atom stereocenters. The van der Waals surface area contributed by atoms with E-state index in [4.69, 9.17) is 9.47 Å². The van der Waals surface area contributed by atoms with E-state index in [1.54, 1.807) is 49.6 Å². The monoisotopic (exact) mass is 371 g/mol. The summed E-state index contributed by atoms with van der Waals surface area (Å²) in [5.74, 6) is 0.0134. The van der Waals surface area contributed by atoms with Gasteiger partial charge in [0.25, 0.3) is 5.91 Å². The van der Waals surface area contributed by atoms with Gasteiger partial charge in [0.1, 0.15) is 5.75 Å². The normalized spacial score (nSPS) is 10.3. The highest BCUT2D eigenvalue weighted by atomic mass is 16.5. The molecule has 2 aromatic carbocycles. The summed E-state index contributed by atoms with van der Waals surface area (Å²) >= 11 is 0. The number of carbonyl (C=O) groups is 2. The van der Waals surface area contributed by atoms with Crippen LogP contribution in [-0.2, 0) is 16.1 Å². The Morgan fingerprint density at radius 2 is 1.70 bits per heavy atom. The van der Waals surface area contributed by atoms with E-state index in [2.05, 4.69) is 17.0 Å². The van der Waals surface area contributed by atoms with Crippen molar-refractivity contribution < 1.29 is 23.8 Å². The Morgan fingerprint density at radius 1 is 1.00 bits per heavy atom. The van der Waals surface area contributed by atoms with Crippen molar-refractivity contribution in [1.29, 1.82) is 0 Å². The number of methoxy groups -OCH3 is 2. The molecule has 2 aromatic rings. The minimum atomic E-state index is -0.421. The molecule has 2 rings (SSSR count). The fraction of sp³-hybridized carbons (Fsp3) is 0.333. The minimum absolute atomic E-state index is 0.252. The highest BCUT2D eigenvalue weighted by Gasteiger charge is 2.12. The summed E-state index contributed by atoms with van der Waals surface area (Å²) in [6.45, 7) is 3.16. The Labute approximate surface area is 159 Å². The first-order valence-electron chi connectivity index (χ1n) is 8.83. The van der Waals surface area contributed by atoms with Crippen LogP contribution in [0.2, 0.25) is 0 Å². The number of amides is 1. The van der Waals surface area contributed by atoms with Gasteiger partial charge < -0.3 is 19.5 Å². The molecule has 0 radical (unpaired) electrons. The van der Waals surface area contributed by atoms with E-state index >= 15 is 0 Å². The zero-order valence-electron chi connectivity index (χ0n) is 15.9. The summed E-state index contributed by atoms with van der Waals surface area (Å²) in [6, 6.07) is 11.7. The summed E-state index contributed by atoms with van der Waals surface area (Å²) in [7, 11) is 2.92. The van der Waals surface area contributed by atoms with Gasteiger partial charge in [0.15, 0.2) is 0 Å². The van der Waals surface area contributed by atoms with Gasteiger partial charge in [0, 0.05) is 23.4 Å². The lowest BCUT2D eigenvalue weighted by molar-refractivity contribution is 0.0600. The highest BCUT2D eigenvalue weighted by Crippen LogP contribution is 2.22. The SMILES string of the molecule is CCCCOCc1cc(C(=O)Nc2ccc(C(=O)OC)cc2)ccc1OC. The van der Waals surface area contributed by atoms with Crippen molar-refractivity contribution in [3.63, 3.8) is 0 Å². The first-order chi connectivity index (χ1) is 13.1. The van der Waals surface area contributed by atoms with Gasteiger partial charge >= 0.3 is 5.97 Å². The Morgan fingerprint density at radius 3 is 2.33 bits per heavy atom. The van der Waals surface area contributed by atoms with Crippen molar-refractivity contribution in [3.05, 3.63) is 59.2 Å². The number of benzene rings is 2. The molecule has 1 N–H and O–H groups in total. The number of unbranched alkanes of at least 4 members (excludes halogenated alkanes) is 1. The van der Waals surface area contributed by atoms with Crippen LogP contribution in [0.5, 0.6) is 5.75 Å². The zero-order valence-corrected chi connectivity index (χ0v) is 15.9. The van der Waals surface area contributed by atoms with Gasteiger partial charge in [0.2, 0.25) is 0 Å². The average molecular weight is 371 g/mol. The molecule has 0 aliphatic carbocycles. The van der Waals surface area contributed by atoms with E-state index in [1.807, 2.05) is 0 Å². The first-order valence-corrected chi connectivity index (χ1v) is 8.83. The van der Waals surface area contributed by atoms with Crippen LogP contribution in [0.4, 0.5) is 5.69 Å². The lowest BCUT2D eigenvalue weighted by Gasteiger charge is -2.12. The maximum Gasteiger partial charge on any atom is 0.337 e. The third-order valence-electron chi connectivity index (χ3n) is 4.01. The molecule has 0 saturated heterocycles. The largest absolute Gasteiger partial charge is 0.496 e. The summed E-state index contributed by atoms with van der Waals surface area (Å²) in [5.41, 5.74) is 2.33. The molecule has 0 heterocycles. The molecule has 144 valence electrons. The van der Waals surface area contributed by atoms with E-state index in [9.17, 15) is 9.59 Å². The molecule has 27 heavy (non-hydrogen) atoms. The molecule has 0 unspecified atom stereocenters. The fourth-order valence-electron chi connectivity index (χ4n) is 2.47. The molecule has 0 aliphatic heterocycles. The van der Waals surface area contributed by atoms with Crippen molar-refractivity contribution in [2.45, 2.75) is 26.4 Å². The topological polar surface area (TPSA) is 73.9 Å². The number of nitrogens with one attached hydrogen (secondary N) is 1. The Bertz CT molecular complexity index is 771. The number of hydrogen-bond donors (Lipinski definition) is 1. The highest BCUT2D eigenvalue weighted by molar-refractivity contribution is 6.04. The summed E-state index contributed by atoms with van der Waals surface area (Å²) in [4.78, 5) is 24.0. The van der Waals surface area contributed by atoms with Gasteiger partial charge in [-0.05, 0) is 48.9 Å². The van der Waals surface area contributed by atoms with E-state index < -0.39 is 5.97 Å². The Kier molecular flexibility index (Phi) is 7.82. The van der Waals surface area contributed by atoms with Gasteiger partial charge in [-0.1, -0.05) is 13.3 Å². The lowest BCUT2D eigenvalue weighted by Crippen LogP contribution is -2.13. The molecule has 6 nitrogen and oxygen atoms in total. The van der Waals surface area contributed by atoms with Gasteiger partial charge in [0.05, 0.1) is 26.4 Å². The molecule has 0 bridgehead atoms. The lowest BCUT2D eigenvalue weighted by atomic mass is 10.1. The van der Waals surface area contributed by atoms with Crippen LogP contribution in [0.25, 0.3) is 0 Å². The van der Waals surface area contributed by atoms with Crippen LogP contribution in [0.1, 0.15) is 46.0 Å². The predicted molar refractivity (Wildman–Crippen MR) is 103 cm³/mol. The second-order valence-electron chi connectivity index (χ2n) is 5.96. The summed E-state index contributed by atoms with van der Waals surface area (Å²) in [6.07, 6.45) is 2.05. The first kappa shape index (κ1) is 20.5. The number of anilines is 1. The van der Waals surface area contributed by atoms with E-state index in [1.165, 1.54) is 7.11 Å². The smallest absolute Gasteiger partial charge is 0.337 e. The molecule has 0 fully saturated rings. The van der Waals surface area contributed by atoms with E-state index in [0.717, 1.165) is 18.4 Å². The van der Waals surface area contributed by atoms with Crippen LogP contribution < -0.4 is 10.1 Å². The van der Waals surface area contributed by atoms with Crippen LogP contribution >= 0.6 is 0 Å². The van der Waals surface area contributed by atoms with Crippen molar-refractivity contribution in [2.75, 3.05) is 26.1 Å². The number of hydrogen-bond acceptors (Lipinski definition) is 5. The van der Waals surface area contributed by atoms with Crippen molar-refractivity contribution in [1.82, 2.24) is 0 Å². The van der Waals surface area contributed by atoms with Crippen LogP contribution in [0.3, 0.4) is 0 Å². The molecule has 0 aromatic heterocycles. The predicted octanol–water partition coefficient (Wildman–Crippen LogP) is 4.05. The summed E-state index contributed by atoms with van der Waals surface area (Å²) < 4.78 is 15.7. The van der Waals surface area contributed by atoms with Gasteiger partial charge in [-0.2, -0.15) is 0 Å². The molecule has 0 aliphatic rings. The van der Waals surface area contributed by atoms with Gasteiger partial charge in [-0.25, -0.2) is 4.79 Å². The molecule has 6 heteroatoms. The maximum atomic E-state index is 12.5. The van der Waals surface area contributed by atoms with Gasteiger partial charge in [-0.3, -0.25) is 4.79 Å². The standard InChI is InChI=1S/C21H25NO5/c1-4-5-12-27-14-17-13-16(8-11-19(17)25-2)20(23)22-18-9-6-15(7-10-18)21(24)26-3/h6-11,13H,4-5,12,14H2,1-3H3,(H,22,23). The molecule has 0 saturated carbocycles. The third-order valence-corrected chi connectivity index (χ3v) is 4.01. The second kappa shape index (κ2) is 10.3. The molecule has 1 amide bonds. The Balaban J connectivity index is 2.07. The number of rotatable bonds is 9. The third kappa shape index (κ3) is 5.82. The van der Waals surface area contributed by atoms with Crippen LogP contribution in [0, 0.1) is 0 Å². The second-order valence-corrected chi connectivity index (χ2v) is 5.96. The number of carbonyl (C=O) groups excluding carboxylic acids is 2. The molecular formula is C21H25NO5. The molecular weight excluding hydrogens is 346 g/mol. The number of ether oxygens (including phenoxy) is 3. The van der Waals surface area contributed by atoms with E-state index in [-0.39, 0.29) is 5.91 Å². The summed E-state index contributed by atoms with van der Waals surface area (Å²) in [5, 5.41) is 2.81. The van der Waals surface area contributed by atoms with Crippen molar-refractivity contribution >= 4 is 17.6 Å².